The van der Waals surface area contributed by atoms with Crippen molar-refractivity contribution in [1.29, 1.82) is 0 Å². The van der Waals surface area contributed by atoms with Crippen molar-refractivity contribution < 1.29 is 9.53 Å². The number of ether oxygens (including phenoxy) is 1. The van der Waals surface area contributed by atoms with Crippen LogP contribution in [0.4, 0.5) is 5.69 Å². The number of para-hydroxylation sites is 1. The van der Waals surface area contributed by atoms with Gasteiger partial charge in [0.05, 0.1) is 18.4 Å². The second-order valence-corrected chi connectivity index (χ2v) is 7.41. The summed E-state index contributed by atoms with van der Waals surface area (Å²) in [7, 11) is 1.64. The summed E-state index contributed by atoms with van der Waals surface area (Å²) in [5.41, 5.74) is 3.94. The van der Waals surface area contributed by atoms with E-state index < -0.39 is 0 Å². The molecule has 3 rings (SSSR count). The number of thioether (sulfide) groups is 1. The van der Waals surface area contributed by atoms with E-state index in [1.165, 1.54) is 11.8 Å². The lowest BCUT2D eigenvalue weighted by molar-refractivity contribution is -0.113. The molecule has 0 spiro atoms. The molecule has 0 saturated heterocycles. The Hall–Kier alpha value is -2.80. The van der Waals surface area contributed by atoms with Crippen LogP contribution in [0.15, 0.2) is 47.6 Å². The summed E-state index contributed by atoms with van der Waals surface area (Å²) in [6, 6.07) is 13.7. The first-order valence-corrected chi connectivity index (χ1v) is 10.1. The number of benzene rings is 2. The Kier molecular flexibility index (Phi) is 6.36. The van der Waals surface area contributed by atoms with E-state index in [1.807, 2.05) is 61.7 Å². The highest BCUT2D eigenvalue weighted by atomic mass is 32.2. The SMILES string of the molecule is CCn1c(SCC(=O)Nc2cc(C)cc(C)c2)nnc1-c1ccccc1OC. The summed E-state index contributed by atoms with van der Waals surface area (Å²) in [5, 5.41) is 12.3. The van der Waals surface area contributed by atoms with Gasteiger partial charge >= 0.3 is 0 Å². The second kappa shape index (κ2) is 8.93. The first kappa shape index (κ1) is 19.9. The van der Waals surface area contributed by atoms with E-state index in [0.29, 0.717) is 11.7 Å². The number of amides is 1. The van der Waals surface area contributed by atoms with Gasteiger partial charge in [-0.3, -0.25) is 4.79 Å². The van der Waals surface area contributed by atoms with Crippen LogP contribution in [0.5, 0.6) is 5.75 Å². The van der Waals surface area contributed by atoms with Gasteiger partial charge in [0, 0.05) is 12.2 Å². The summed E-state index contributed by atoms with van der Waals surface area (Å²) < 4.78 is 7.43. The third-order valence-corrected chi connectivity index (χ3v) is 5.19. The zero-order chi connectivity index (χ0) is 20.1. The Bertz CT molecular complexity index is 964. The number of methoxy groups -OCH3 is 1. The zero-order valence-electron chi connectivity index (χ0n) is 16.5. The molecule has 0 fully saturated rings. The van der Waals surface area contributed by atoms with Crippen molar-refractivity contribution in [3.63, 3.8) is 0 Å². The minimum Gasteiger partial charge on any atom is -0.496 e. The number of rotatable bonds is 7. The molecule has 1 aromatic heterocycles. The maximum Gasteiger partial charge on any atom is 0.234 e. The highest BCUT2D eigenvalue weighted by molar-refractivity contribution is 7.99. The number of nitrogens with zero attached hydrogens (tertiary/aromatic N) is 3. The van der Waals surface area contributed by atoms with E-state index in [9.17, 15) is 4.79 Å². The van der Waals surface area contributed by atoms with Crippen LogP contribution in [0.25, 0.3) is 11.4 Å². The number of hydrogen-bond donors (Lipinski definition) is 1. The van der Waals surface area contributed by atoms with Crippen molar-refractivity contribution in [2.75, 3.05) is 18.2 Å². The monoisotopic (exact) mass is 396 g/mol. The van der Waals surface area contributed by atoms with E-state index in [0.717, 1.165) is 34.0 Å². The van der Waals surface area contributed by atoms with E-state index in [1.54, 1.807) is 7.11 Å². The van der Waals surface area contributed by atoms with Gasteiger partial charge in [0.1, 0.15) is 5.75 Å². The van der Waals surface area contributed by atoms with Gasteiger partial charge in [-0.2, -0.15) is 0 Å². The average Bonchev–Trinajstić information content (AvgIpc) is 3.08. The van der Waals surface area contributed by atoms with Gasteiger partial charge in [0.2, 0.25) is 5.91 Å². The summed E-state index contributed by atoms with van der Waals surface area (Å²) in [5.74, 6) is 1.67. The normalized spacial score (nSPS) is 10.7. The number of carbonyl (C=O) groups excluding carboxylic acids is 1. The molecule has 2 aromatic carbocycles. The van der Waals surface area contributed by atoms with Crippen LogP contribution in [0, 0.1) is 13.8 Å². The van der Waals surface area contributed by atoms with Crippen LogP contribution >= 0.6 is 11.8 Å². The predicted octanol–water partition coefficient (Wildman–Crippen LogP) is 4.32. The molecule has 28 heavy (non-hydrogen) atoms. The maximum atomic E-state index is 12.4. The Morgan fingerprint density at radius 3 is 2.54 bits per heavy atom. The molecule has 7 heteroatoms. The quantitative estimate of drug-likeness (QED) is 0.602. The molecule has 1 N–H and O–H groups in total. The highest BCUT2D eigenvalue weighted by Gasteiger charge is 2.17. The lowest BCUT2D eigenvalue weighted by Gasteiger charge is -2.10. The van der Waals surface area contributed by atoms with E-state index in [-0.39, 0.29) is 11.7 Å². The molecule has 3 aromatic rings. The topological polar surface area (TPSA) is 69.0 Å². The molecule has 1 heterocycles. The number of nitrogens with one attached hydrogen (secondary N) is 1. The first-order valence-electron chi connectivity index (χ1n) is 9.09. The van der Waals surface area contributed by atoms with Crippen LogP contribution < -0.4 is 10.1 Å². The van der Waals surface area contributed by atoms with Gasteiger partial charge in [0.15, 0.2) is 11.0 Å². The van der Waals surface area contributed by atoms with Crippen LogP contribution in [0.1, 0.15) is 18.1 Å². The zero-order valence-corrected chi connectivity index (χ0v) is 17.3. The van der Waals surface area contributed by atoms with Crippen molar-refractivity contribution in [1.82, 2.24) is 14.8 Å². The van der Waals surface area contributed by atoms with E-state index in [4.69, 9.17) is 4.74 Å². The largest absolute Gasteiger partial charge is 0.496 e. The van der Waals surface area contributed by atoms with E-state index >= 15 is 0 Å². The maximum absolute atomic E-state index is 12.4. The van der Waals surface area contributed by atoms with Gasteiger partial charge < -0.3 is 14.6 Å². The fourth-order valence-electron chi connectivity index (χ4n) is 3.08. The average molecular weight is 397 g/mol. The summed E-state index contributed by atoms with van der Waals surface area (Å²) in [6.45, 7) is 6.75. The Labute approximate surface area is 169 Å². The Morgan fingerprint density at radius 1 is 1.14 bits per heavy atom. The van der Waals surface area contributed by atoms with Gasteiger partial charge in [-0.15, -0.1) is 10.2 Å². The number of anilines is 1. The molecule has 1 amide bonds. The molecular formula is C21H24N4O2S. The van der Waals surface area contributed by atoms with Crippen molar-refractivity contribution in [3.8, 4) is 17.1 Å². The molecule has 0 aliphatic rings. The molecule has 0 aliphatic heterocycles. The lowest BCUT2D eigenvalue weighted by Crippen LogP contribution is -2.15. The van der Waals surface area contributed by atoms with Crippen molar-refractivity contribution in [3.05, 3.63) is 53.6 Å². The molecule has 0 atom stereocenters. The smallest absolute Gasteiger partial charge is 0.234 e. The standard InChI is InChI=1S/C21H24N4O2S/c1-5-25-20(17-8-6-7-9-18(17)27-4)23-24-21(25)28-13-19(26)22-16-11-14(2)10-15(3)12-16/h6-12H,5,13H2,1-4H3,(H,22,26). The van der Waals surface area contributed by atoms with Crippen molar-refractivity contribution in [2.45, 2.75) is 32.5 Å². The van der Waals surface area contributed by atoms with Gasteiger partial charge in [0.25, 0.3) is 0 Å². The van der Waals surface area contributed by atoms with Crippen LogP contribution in [-0.4, -0.2) is 33.5 Å². The van der Waals surface area contributed by atoms with Gasteiger partial charge in [-0.1, -0.05) is 30.0 Å². The summed E-state index contributed by atoms with van der Waals surface area (Å²) >= 11 is 1.37. The fourth-order valence-corrected chi connectivity index (χ4v) is 3.89. The number of hydrogen-bond acceptors (Lipinski definition) is 5. The predicted molar refractivity (Wildman–Crippen MR) is 113 cm³/mol. The summed E-state index contributed by atoms with van der Waals surface area (Å²) in [4.78, 5) is 12.4. The third-order valence-electron chi connectivity index (χ3n) is 4.22. The first-order chi connectivity index (χ1) is 13.5. The third kappa shape index (κ3) is 4.54. The van der Waals surface area contributed by atoms with Crippen LogP contribution in [-0.2, 0) is 11.3 Å². The molecule has 0 aliphatic carbocycles. The molecule has 0 bridgehead atoms. The minimum absolute atomic E-state index is 0.0699. The van der Waals surface area contributed by atoms with Gasteiger partial charge in [-0.05, 0) is 56.2 Å². The molecule has 6 nitrogen and oxygen atoms in total. The van der Waals surface area contributed by atoms with Crippen LogP contribution in [0.2, 0.25) is 0 Å². The Balaban J connectivity index is 1.73. The Morgan fingerprint density at radius 2 is 1.86 bits per heavy atom. The summed E-state index contributed by atoms with van der Waals surface area (Å²) in [6.07, 6.45) is 0. The van der Waals surface area contributed by atoms with E-state index in [2.05, 4.69) is 21.6 Å². The molecule has 146 valence electrons. The van der Waals surface area contributed by atoms with Crippen molar-refractivity contribution >= 4 is 23.4 Å². The fraction of sp³-hybridized carbons (Fsp3) is 0.286. The lowest BCUT2D eigenvalue weighted by atomic mass is 10.1. The highest BCUT2D eigenvalue weighted by Crippen LogP contribution is 2.30. The molecule has 0 unspecified atom stereocenters. The second-order valence-electron chi connectivity index (χ2n) is 6.46. The minimum atomic E-state index is -0.0699. The molecular weight excluding hydrogens is 372 g/mol. The molecule has 0 saturated carbocycles. The van der Waals surface area contributed by atoms with Crippen molar-refractivity contribution in [2.24, 2.45) is 0 Å². The molecule has 0 radical (unpaired) electrons. The van der Waals surface area contributed by atoms with Crippen LogP contribution in [0.3, 0.4) is 0 Å². The van der Waals surface area contributed by atoms with Gasteiger partial charge in [-0.25, -0.2) is 0 Å². The number of carbonyl (C=O) groups is 1. The number of aromatic nitrogens is 3. The number of aryl methyl sites for hydroxylation is 2.